The number of imide groups is 1. The number of amides is 2. The molecule has 0 spiro atoms. The third-order valence-electron chi connectivity index (χ3n) is 3.33. The number of benzene rings is 2. The molecule has 0 atom stereocenters. The Kier molecular flexibility index (Phi) is 4.77. The molecule has 6 heteroatoms. The molecule has 1 saturated heterocycles. The van der Waals surface area contributed by atoms with E-state index in [-0.39, 0.29) is 17.8 Å². The topological polar surface area (TPSA) is 79.2 Å². The minimum Gasteiger partial charge on any atom is -0.487 e. The molecule has 2 N–H and O–H groups in total. The largest absolute Gasteiger partial charge is 0.487 e. The van der Waals surface area contributed by atoms with Gasteiger partial charge in [0.15, 0.2) is 0 Å². The van der Waals surface area contributed by atoms with Crippen LogP contribution in [0.15, 0.2) is 59.5 Å². The molecule has 0 bridgehead atoms. The van der Waals surface area contributed by atoms with E-state index < -0.39 is 0 Å². The van der Waals surface area contributed by atoms with Crippen molar-refractivity contribution in [1.29, 1.82) is 5.41 Å². The van der Waals surface area contributed by atoms with Crippen molar-refractivity contribution < 1.29 is 14.3 Å². The molecule has 3 rings (SSSR count). The lowest BCUT2D eigenvalue weighted by atomic mass is 10.1. The first-order chi connectivity index (χ1) is 11.6. The van der Waals surface area contributed by atoms with E-state index in [4.69, 9.17) is 10.1 Å². The van der Waals surface area contributed by atoms with Crippen molar-refractivity contribution in [1.82, 2.24) is 5.32 Å². The third kappa shape index (κ3) is 3.91. The normalized spacial score (nSPS) is 15.4. The van der Waals surface area contributed by atoms with Crippen LogP contribution in [0.3, 0.4) is 0 Å². The zero-order valence-electron chi connectivity index (χ0n) is 12.6. The summed E-state index contributed by atoms with van der Waals surface area (Å²) in [6.45, 7) is 0.178. The molecule has 0 unspecified atom stereocenters. The molecule has 2 amide bonds. The van der Waals surface area contributed by atoms with Crippen molar-refractivity contribution in [3.8, 4) is 5.75 Å². The maximum absolute atomic E-state index is 11.5. The Morgan fingerprint density at radius 1 is 1.08 bits per heavy atom. The smallest absolute Gasteiger partial charge is 0.290 e. The number of rotatable bonds is 5. The van der Waals surface area contributed by atoms with E-state index in [1.54, 1.807) is 30.3 Å². The summed E-state index contributed by atoms with van der Waals surface area (Å²) in [4.78, 5) is 23.0. The van der Waals surface area contributed by atoms with Gasteiger partial charge >= 0.3 is 0 Å². The summed E-state index contributed by atoms with van der Waals surface area (Å²) in [5.74, 6) is 0.263. The number of carbonyl (C=O) groups excluding carboxylic acids is 2. The van der Waals surface area contributed by atoms with Crippen LogP contribution in [-0.4, -0.2) is 23.5 Å². The van der Waals surface area contributed by atoms with E-state index >= 15 is 0 Å². The molecule has 1 heterocycles. The molecule has 0 aliphatic carbocycles. The van der Waals surface area contributed by atoms with Crippen LogP contribution in [0.2, 0.25) is 0 Å². The van der Waals surface area contributed by atoms with Gasteiger partial charge in [0.25, 0.3) is 11.1 Å². The van der Waals surface area contributed by atoms with Crippen molar-refractivity contribution in [3.05, 3.63) is 70.6 Å². The standard InChI is InChI=1S/C18H14N2O3S/c19-15(13-4-2-1-3-5-13)11-23-14-8-6-12(7-9-14)10-16-17(21)20-18(22)24-16/h1-10,19H,11H2,(H,20,21,22). The highest BCUT2D eigenvalue weighted by Crippen LogP contribution is 2.26. The quantitative estimate of drug-likeness (QED) is 0.646. The van der Waals surface area contributed by atoms with Gasteiger partial charge in [-0.15, -0.1) is 0 Å². The van der Waals surface area contributed by atoms with Crippen LogP contribution in [0.25, 0.3) is 6.08 Å². The van der Waals surface area contributed by atoms with Crippen molar-refractivity contribution in [3.63, 3.8) is 0 Å². The summed E-state index contributed by atoms with van der Waals surface area (Å²) in [6.07, 6.45) is 1.65. The number of thioether (sulfide) groups is 1. The zero-order chi connectivity index (χ0) is 16.9. The van der Waals surface area contributed by atoms with E-state index in [1.807, 2.05) is 30.3 Å². The minimum atomic E-state index is -0.373. The fourth-order valence-corrected chi connectivity index (χ4v) is 2.79. The van der Waals surface area contributed by atoms with Gasteiger partial charge in [0.1, 0.15) is 12.4 Å². The summed E-state index contributed by atoms with van der Waals surface area (Å²) in [5, 5.41) is 9.86. The van der Waals surface area contributed by atoms with Gasteiger partial charge in [-0.05, 0) is 41.1 Å². The zero-order valence-corrected chi connectivity index (χ0v) is 13.4. The highest BCUT2D eigenvalue weighted by atomic mass is 32.2. The molecule has 1 aliphatic heterocycles. The number of hydrogen-bond donors (Lipinski definition) is 2. The van der Waals surface area contributed by atoms with Crippen LogP contribution < -0.4 is 10.1 Å². The highest BCUT2D eigenvalue weighted by molar-refractivity contribution is 8.18. The fraction of sp³-hybridized carbons (Fsp3) is 0.0556. The lowest BCUT2D eigenvalue weighted by Gasteiger charge is -2.08. The highest BCUT2D eigenvalue weighted by Gasteiger charge is 2.24. The van der Waals surface area contributed by atoms with Gasteiger partial charge in [-0.2, -0.15) is 0 Å². The van der Waals surface area contributed by atoms with E-state index in [2.05, 4.69) is 5.32 Å². The molecule has 0 radical (unpaired) electrons. The van der Waals surface area contributed by atoms with Crippen molar-refractivity contribution in [2.45, 2.75) is 0 Å². The van der Waals surface area contributed by atoms with Gasteiger partial charge < -0.3 is 10.1 Å². The second-order valence-electron chi connectivity index (χ2n) is 5.05. The summed E-state index contributed by atoms with van der Waals surface area (Å²) < 4.78 is 5.60. The molecule has 0 saturated carbocycles. The first kappa shape index (κ1) is 16.0. The second kappa shape index (κ2) is 7.14. The maximum Gasteiger partial charge on any atom is 0.290 e. The average molecular weight is 338 g/mol. The minimum absolute atomic E-state index is 0.178. The first-order valence-corrected chi connectivity index (χ1v) is 8.04. The van der Waals surface area contributed by atoms with Gasteiger partial charge in [-0.25, -0.2) is 0 Å². The van der Waals surface area contributed by atoms with E-state index in [1.165, 1.54) is 0 Å². The Bertz CT molecular complexity index is 814. The van der Waals surface area contributed by atoms with Gasteiger partial charge in [-0.3, -0.25) is 14.9 Å². The summed E-state index contributed by atoms with van der Waals surface area (Å²) in [7, 11) is 0. The molecule has 0 aromatic heterocycles. The molecule has 1 fully saturated rings. The van der Waals surface area contributed by atoms with Crippen LogP contribution in [0.5, 0.6) is 5.75 Å². The van der Waals surface area contributed by atoms with Gasteiger partial charge in [0.2, 0.25) is 0 Å². The van der Waals surface area contributed by atoms with Crippen LogP contribution >= 0.6 is 11.8 Å². The molecular weight excluding hydrogens is 324 g/mol. The van der Waals surface area contributed by atoms with Crippen molar-refractivity contribution in [2.24, 2.45) is 0 Å². The van der Waals surface area contributed by atoms with Crippen LogP contribution in [0.1, 0.15) is 11.1 Å². The molecule has 2 aromatic rings. The lowest BCUT2D eigenvalue weighted by Crippen LogP contribution is -2.17. The van der Waals surface area contributed by atoms with E-state index in [9.17, 15) is 9.59 Å². The summed E-state index contributed by atoms with van der Waals surface area (Å²) >= 11 is 0.887. The molecule has 2 aromatic carbocycles. The monoisotopic (exact) mass is 338 g/mol. The Labute approximate surface area is 143 Å². The number of carbonyl (C=O) groups is 2. The van der Waals surface area contributed by atoms with Gasteiger partial charge in [-0.1, -0.05) is 42.5 Å². The third-order valence-corrected chi connectivity index (χ3v) is 4.14. The van der Waals surface area contributed by atoms with Crippen LogP contribution in [-0.2, 0) is 4.79 Å². The lowest BCUT2D eigenvalue weighted by molar-refractivity contribution is -0.115. The van der Waals surface area contributed by atoms with Gasteiger partial charge in [0.05, 0.1) is 10.6 Å². The van der Waals surface area contributed by atoms with Crippen molar-refractivity contribution >= 4 is 34.7 Å². The maximum atomic E-state index is 11.5. The predicted octanol–water partition coefficient (Wildman–Crippen LogP) is 3.46. The Hall–Kier alpha value is -2.86. The van der Waals surface area contributed by atoms with E-state index in [0.717, 1.165) is 22.9 Å². The molecule has 1 aliphatic rings. The van der Waals surface area contributed by atoms with Crippen LogP contribution in [0.4, 0.5) is 4.79 Å². The van der Waals surface area contributed by atoms with Crippen LogP contribution in [0, 0.1) is 5.41 Å². The number of ether oxygens (including phenoxy) is 1. The summed E-state index contributed by atoms with van der Waals surface area (Å²) in [6, 6.07) is 16.5. The van der Waals surface area contributed by atoms with E-state index in [0.29, 0.717) is 16.4 Å². The Morgan fingerprint density at radius 3 is 2.42 bits per heavy atom. The summed E-state index contributed by atoms with van der Waals surface area (Å²) in [5.41, 5.74) is 2.03. The first-order valence-electron chi connectivity index (χ1n) is 7.22. The van der Waals surface area contributed by atoms with Crippen molar-refractivity contribution in [2.75, 3.05) is 6.61 Å². The molecule has 5 nitrogen and oxygen atoms in total. The average Bonchev–Trinajstić information content (AvgIpc) is 2.92. The van der Waals surface area contributed by atoms with Gasteiger partial charge in [0, 0.05) is 0 Å². The second-order valence-corrected chi connectivity index (χ2v) is 6.07. The Balaban J connectivity index is 1.61. The molecule has 24 heavy (non-hydrogen) atoms. The molecular formula is C18H14N2O3S. The number of hydrogen-bond acceptors (Lipinski definition) is 5. The SMILES string of the molecule is N=C(COc1ccc(C=C2SC(=O)NC2=O)cc1)c1ccccc1. The predicted molar refractivity (Wildman–Crippen MR) is 94.3 cm³/mol. The fourth-order valence-electron chi connectivity index (χ4n) is 2.11. The Morgan fingerprint density at radius 2 is 1.79 bits per heavy atom. The molecule has 120 valence electrons. The number of nitrogens with one attached hydrogen (secondary N) is 2.